The number of benzene rings is 2. The summed E-state index contributed by atoms with van der Waals surface area (Å²) in [5.74, 6) is -0.918. The van der Waals surface area contributed by atoms with Gasteiger partial charge in [0.2, 0.25) is 0 Å². The second-order valence-electron chi connectivity index (χ2n) is 8.72. The van der Waals surface area contributed by atoms with Gasteiger partial charge in [0.15, 0.2) is 0 Å². The van der Waals surface area contributed by atoms with Crippen molar-refractivity contribution in [1.82, 2.24) is 9.88 Å². The number of amides is 2. The topological polar surface area (TPSA) is 82.5 Å². The fourth-order valence-corrected chi connectivity index (χ4v) is 4.28. The van der Waals surface area contributed by atoms with Crippen molar-refractivity contribution < 1.29 is 14.7 Å². The molecule has 1 aromatic heterocycles. The van der Waals surface area contributed by atoms with Gasteiger partial charge in [-0.2, -0.15) is 0 Å². The van der Waals surface area contributed by atoms with Crippen molar-refractivity contribution in [2.24, 2.45) is 0 Å². The van der Waals surface area contributed by atoms with Crippen LogP contribution in [0.2, 0.25) is 5.02 Å². The fraction of sp³-hybridized carbons (Fsp3) is 0.320. The van der Waals surface area contributed by atoms with E-state index in [1.807, 2.05) is 24.3 Å². The molecule has 2 heterocycles. The maximum Gasteiger partial charge on any atom is 0.313 e. The maximum absolute atomic E-state index is 12.6. The number of hydrogen-bond donors (Lipinski definition) is 2. The smallest absolute Gasteiger partial charge is 0.313 e. The van der Waals surface area contributed by atoms with Crippen LogP contribution in [0.15, 0.2) is 54.7 Å². The molecule has 166 valence electrons. The van der Waals surface area contributed by atoms with Crippen LogP contribution in [0.4, 0.5) is 5.69 Å². The molecular weight excluding hydrogens is 426 g/mol. The minimum Gasteiger partial charge on any atom is -0.386 e. The Labute approximate surface area is 192 Å². The van der Waals surface area contributed by atoms with Crippen LogP contribution in [0.1, 0.15) is 43.7 Å². The molecule has 0 aliphatic carbocycles. The van der Waals surface area contributed by atoms with E-state index in [1.165, 1.54) is 5.56 Å². The second-order valence-corrected chi connectivity index (χ2v) is 9.16. The summed E-state index contributed by atoms with van der Waals surface area (Å²) in [6.07, 6.45) is 3.32. The summed E-state index contributed by atoms with van der Waals surface area (Å²) < 4.78 is 0. The van der Waals surface area contributed by atoms with Crippen molar-refractivity contribution in [3.63, 3.8) is 0 Å². The quantitative estimate of drug-likeness (QED) is 0.576. The molecule has 2 amide bonds. The Morgan fingerprint density at radius 3 is 2.44 bits per heavy atom. The minimum atomic E-state index is -0.936. The molecule has 32 heavy (non-hydrogen) atoms. The molecule has 0 saturated carbocycles. The van der Waals surface area contributed by atoms with E-state index < -0.39 is 17.4 Å². The van der Waals surface area contributed by atoms with Crippen LogP contribution < -0.4 is 5.32 Å². The first-order valence-corrected chi connectivity index (χ1v) is 11.1. The molecule has 1 aliphatic heterocycles. The summed E-state index contributed by atoms with van der Waals surface area (Å²) in [5.41, 5.74) is 2.49. The number of carbonyl (C=O) groups is 2. The molecule has 6 nitrogen and oxygen atoms in total. The van der Waals surface area contributed by atoms with Crippen LogP contribution >= 0.6 is 11.6 Å². The van der Waals surface area contributed by atoms with E-state index in [2.05, 4.69) is 10.3 Å². The monoisotopic (exact) mass is 451 g/mol. The largest absolute Gasteiger partial charge is 0.386 e. The first-order chi connectivity index (χ1) is 15.2. The molecule has 3 aromatic rings. The van der Waals surface area contributed by atoms with E-state index in [1.54, 1.807) is 49.2 Å². The molecule has 2 aromatic carbocycles. The standard InChI is InChI=1S/C25H26ClN3O3/c1-25(2,32)17-3-8-22-21(15-17)20(9-12-27-22)16-10-13-29(14-11-16)24(31)23(30)28-19-6-4-18(26)5-7-19/h3-9,12,15-16,32H,10-11,13-14H2,1-2H3,(H,28,30). The summed E-state index contributed by atoms with van der Waals surface area (Å²) in [4.78, 5) is 31.1. The summed E-state index contributed by atoms with van der Waals surface area (Å²) in [7, 11) is 0. The number of nitrogens with one attached hydrogen (secondary N) is 1. The summed E-state index contributed by atoms with van der Waals surface area (Å²) in [6.45, 7) is 4.55. The van der Waals surface area contributed by atoms with Gasteiger partial charge in [-0.25, -0.2) is 0 Å². The van der Waals surface area contributed by atoms with Crippen LogP contribution in [-0.2, 0) is 15.2 Å². The first kappa shape index (κ1) is 22.2. The average Bonchev–Trinajstić information content (AvgIpc) is 2.79. The molecule has 4 rings (SSSR count). The zero-order valence-electron chi connectivity index (χ0n) is 18.1. The molecule has 7 heteroatoms. The Bertz CT molecular complexity index is 1150. The second kappa shape index (κ2) is 8.88. The lowest BCUT2D eigenvalue weighted by Gasteiger charge is -2.32. The summed E-state index contributed by atoms with van der Waals surface area (Å²) >= 11 is 5.86. The van der Waals surface area contributed by atoms with Gasteiger partial charge in [0, 0.05) is 35.4 Å². The predicted octanol–water partition coefficient (Wildman–Crippen LogP) is 4.46. The normalized spacial score (nSPS) is 15.1. The number of hydrogen-bond acceptors (Lipinski definition) is 4. The SMILES string of the molecule is CC(C)(O)c1ccc2nccc(C3CCN(C(=O)C(=O)Nc4ccc(Cl)cc4)CC3)c2c1. The van der Waals surface area contributed by atoms with Gasteiger partial charge in [-0.05, 0) is 86.2 Å². The summed E-state index contributed by atoms with van der Waals surface area (Å²) in [6, 6.07) is 14.5. The number of nitrogens with zero attached hydrogens (tertiary/aromatic N) is 2. The minimum absolute atomic E-state index is 0.251. The number of anilines is 1. The van der Waals surface area contributed by atoms with E-state index >= 15 is 0 Å². The number of piperidine rings is 1. The van der Waals surface area contributed by atoms with E-state index in [-0.39, 0.29) is 5.92 Å². The third-order valence-corrected chi connectivity index (χ3v) is 6.25. The Hall–Kier alpha value is -2.96. The van der Waals surface area contributed by atoms with Crippen LogP contribution in [0.5, 0.6) is 0 Å². The van der Waals surface area contributed by atoms with Gasteiger partial charge >= 0.3 is 11.8 Å². The fourth-order valence-electron chi connectivity index (χ4n) is 4.16. The van der Waals surface area contributed by atoms with Crippen LogP contribution in [0, 0.1) is 0 Å². The highest BCUT2D eigenvalue weighted by molar-refractivity contribution is 6.39. The van der Waals surface area contributed by atoms with Crippen molar-refractivity contribution in [3.8, 4) is 0 Å². The number of aliphatic hydroxyl groups is 1. The molecule has 0 bridgehead atoms. The Kier molecular flexibility index (Phi) is 6.17. The third-order valence-electron chi connectivity index (χ3n) is 6.00. The lowest BCUT2D eigenvalue weighted by molar-refractivity contribution is -0.143. The number of rotatable bonds is 3. The summed E-state index contributed by atoms with van der Waals surface area (Å²) in [5, 5.41) is 14.6. The molecule has 0 spiro atoms. The average molecular weight is 452 g/mol. The van der Waals surface area contributed by atoms with Gasteiger partial charge in [0.1, 0.15) is 0 Å². The van der Waals surface area contributed by atoms with E-state index in [0.717, 1.165) is 29.3 Å². The van der Waals surface area contributed by atoms with Crippen molar-refractivity contribution in [3.05, 3.63) is 70.9 Å². The Morgan fingerprint density at radius 1 is 1.09 bits per heavy atom. The number of aromatic nitrogens is 1. The van der Waals surface area contributed by atoms with E-state index in [4.69, 9.17) is 11.6 Å². The van der Waals surface area contributed by atoms with Crippen molar-refractivity contribution in [1.29, 1.82) is 0 Å². The maximum atomic E-state index is 12.6. The molecule has 1 aliphatic rings. The van der Waals surface area contributed by atoms with Gasteiger partial charge in [-0.3, -0.25) is 14.6 Å². The Balaban J connectivity index is 1.45. The lowest BCUT2D eigenvalue weighted by atomic mass is 9.86. The molecule has 0 unspecified atom stereocenters. The van der Waals surface area contributed by atoms with Crippen LogP contribution in [-0.4, -0.2) is 39.9 Å². The van der Waals surface area contributed by atoms with Gasteiger partial charge in [-0.1, -0.05) is 17.7 Å². The number of halogens is 1. The first-order valence-electron chi connectivity index (χ1n) is 10.7. The number of pyridine rings is 1. The molecule has 0 atom stereocenters. The van der Waals surface area contributed by atoms with E-state index in [0.29, 0.717) is 23.8 Å². The van der Waals surface area contributed by atoms with Gasteiger partial charge in [-0.15, -0.1) is 0 Å². The van der Waals surface area contributed by atoms with Gasteiger partial charge < -0.3 is 15.3 Å². The van der Waals surface area contributed by atoms with Gasteiger partial charge in [0.05, 0.1) is 11.1 Å². The highest BCUT2D eigenvalue weighted by atomic mass is 35.5. The number of likely N-dealkylation sites (tertiary alicyclic amines) is 1. The molecule has 1 saturated heterocycles. The zero-order chi connectivity index (χ0) is 22.9. The highest BCUT2D eigenvalue weighted by Crippen LogP contribution is 2.34. The number of carbonyl (C=O) groups excluding carboxylic acids is 2. The molecule has 1 fully saturated rings. The van der Waals surface area contributed by atoms with Crippen LogP contribution in [0.25, 0.3) is 10.9 Å². The highest BCUT2D eigenvalue weighted by Gasteiger charge is 2.29. The van der Waals surface area contributed by atoms with Crippen LogP contribution in [0.3, 0.4) is 0 Å². The van der Waals surface area contributed by atoms with E-state index in [9.17, 15) is 14.7 Å². The van der Waals surface area contributed by atoms with Crippen molar-refractivity contribution in [2.75, 3.05) is 18.4 Å². The lowest BCUT2D eigenvalue weighted by Crippen LogP contribution is -2.43. The predicted molar refractivity (Wildman–Crippen MR) is 126 cm³/mol. The van der Waals surface area contributed by atoms with Gasteiger partial charge in [0.25, 0.3) is 0 Å². The number of fused-ring (bicyclic) bond motifs is 1. The van der Waals surface area contributed by atoms with Crippen molar-refractivity contribution in [2.45, 2.75) is 38.2 Å². The zero-order valence-corrected chi connectivity index (χ0v) is 18.9. The molecule has 2 N–H and O–H groups in total. The van der Waals surface area contributed by atoms with Crippen molar-refractivity contribution >= 4 is 40.0 Å². The molecule has 0 radical (unpaired) electrons. The third kappa shape index (κ3) is 4.76. The molecular formula is C25H26ClN3O3. The Morgan fingerprint density at radius 2 is 1.78 bits per heavy atom.